The Morgan fingerprint density at radius 1 is 1.50 bits per heavy atom. The number of hydrogen-bond donors (Lipinski definition) is 2. The second-order valence-electron chi connectivity index (χ2n) is 5.51. The SMILES string of the molecule is CCNc1cc(N2CCC(C)(C(N)=O)C2)nc(CC)n1. The second-order valence-corrected chi connectivity index (χ2v) is 5.51. The minimum atomic E-state index is -0.463. The number of carbonyl (C=O) groups is 1. The van der Waals surface area contributed by atoms with E-state index in [2.05, 4.69) is 20.2 Å². The number of aryl methyl sites for hydroxylation is 1. The first-order chi connectivity index (χ1) is 9.48. The number of aromatic nitrogens is 2. The molecule has 0 spiro atoms. The van der Waals surface area contributed by atoms with E-state index in [1.165, 1.54) is 0 Å². The molecule has 6 nitrogen and oxygen atoms in total. The summed E-state index contributed by atoms with van der Waals surface area (Å²) < 4.78 is 0. The summed E-state index contributed by atoms with van der Waals surface area (Å²) >= 11 is 0. The Morgan fingerprint density at radius 3 is 2.80 bits per heavy atom. The third-order valence-corrected chi connectivity index (χ3v) is 3.83. The highest BCUT2D eigenvalue weighted by atomic mass is 16.1. The van der Waals surface area contributed by atoms with E-state index in [0.29, 0.717) is 6.54 Å². The summed E-state index contributed by atoms with van der Waals surface area (Å²) in [7, 11) is 0. The fourth-order valence-corrected chi connectivity index (χ4v) is 2.43. The maximum Gasteiger partial charge on any atom is 0.225 e. The van der Waals surface area contributed by atoms with Crippen LogP contribution < -0.4 is 16.0 Å². The molecule has 20 heavy (non-hydrogen) atoms. The molecule has 1 unspecified atom stereocenters. The highest BCUT2D eigenvalue weighted by molar-refractivity contribution is 5.82. The largest absolute Gasteiger partial charge is 0.370 e. The molecule has 2 heterocycles. The van der Waals surface area contributed by atoms with Crippen LogP contribution in [-0.4, -0.2) is 35.5 Å². The zero-order valence-corrected chi connectivity index (χ0v) is 12.4. The van der Waals surface area contributed by atoms with Crippen molar-refractivity contribution in [3.63, 3.8) is 0 Å². The molecule has 1 atom stereocenters. The summed E-state index contributed by atoms with van der Waals surface area (Å²) in [6.07, 6.45) is 1.55. The van der Waals surface area contributed by atoms with E-state index < -0.39 is 5.41 Å². The molecule has 3 N–H and O–H groups in total. The van der Waals surface area contributed by atoms with Gasteiger partial charge >= 0.3 is 0 Å². The Hall–Kier alpha value is -1.85. The van der Waals surface area contributed by atoms with Crippen LogP contribution in [0.15, 0.2) is 6.07 Å². The monoisotopic (exact) mass is 277 g/mol. The minimum absolute atomic E-state index is 0.239. The Balaban J connectivity index is 2.25. The van der Waals surface area contributed by atoms with Gasteiger partial charge in [-0.05, 0) is 20.3 Å². The van der Waals surface area contributed by atoms with Crippen molar-refractivity contribution in [1.29, 1.82) is 0 Å². The van der Waals surface area contributed by atoms with Gasteiger partial charge in [-0.2, -0.15) is 0 Å². The van der Waals surface area contributed by atoms with Crippen LogP contribution in [0.5, 0.6) is 0 Å². The molecule has 0 aliphatic carbocycles. The number of nitrogens with zero attached hydrogens (tertiary/aromatic N) is 3. The highest BCUT2D eigenvalue weighted by Crippen LogP contribution is 2.32. The molecule has 1 aliphatic rings. The molecule has 6 heteroatoms. The molecule has 1 saturated heterocycles. The summed E-state index contributed by atoms with van der Waals surface area (Å²) in [5.41, 5.74) is 5.03. The Morgan fingerprint density at radius 2 is 2.25 bits per heavy atom. The molecule has 0 aromatic carbocycles. The topological polar surface area (TPSA) is 84.1 Å². The Bertz CT molecular complexity index is 504. The lowest BCUT2D eigenvalue weighted by Gasteiger charge is -2.22. The maximum absolute atomic E-state index is 11.5. The minimum Gasteiger partial charge on any atom is -0.370 e. The number of hydrogen-bond acceptors (Lipinski definition) is 5. The average Bonchev–Trinajstić information content (AvgIpc) is 2.83. The second kappa shape index (κ2) is 5.64. The van der Waals surface area contributed by atoms with Gasteiger partial charge < -0.3 is 16.0 Å². The lowest BCUT2D eigenvalue weighted by Crippen LogP contribution is -2.37. The van der Waals surface area contributed by atoms with Crippen molar-refractivity contribution in [2.45, 2.75) is 33.6 Å². The van der Waals surface area contributed by atoms with Crippen LogP contribution >= 0.6 is 0 Å². The van der Waals surface area contributed by atoms with Crippen molar-refractivity contribution in [2.24, 2.45) is 11.1 Å². The fraction of sp³-hybridized carbons (Fsp3) is 0.643. The van der Waals surface area contributed by atoms with Crippen LogP contribution in [0.1, 0.15) is 33.0 Å². The van der Waals surface area contributed by atoms with Gasteiger partial charge in [0.1, 0.15) is 17.5 Å². The predicted octanol–water partition coefficient (Wildman–Crippen LogP) is 1.17. The standard InChI is InChI=1S/C14H23N5O/c1-4-10-17-11(16-5-2)8-12(18-10)19-7-6-14(3,9-19)13(15)20/h8H,4-7,9H2,1-3H3,(H2,15,20)(H,16,17,18). The zero-order valence-electron chi connectivity index (χ0n) is 12.4. The van der Waals surface area contributed by atoms with Crippen molar-refractivity contribution in [2.75, 3.05) is 29.9 Å². The Labute approximate surface area is 119 Å². The van der Waals surface area contributed by atoms with Gasteiger partial charge in [-0.25, -0.2) is 9.97 Å². The molecule has 0 bridgehead atoms. The van der Waals surface area contributed by atoms with E-state index in [9.17, 15) is 4.79 Å². The summed E-state index contributed by atoms with van der Waals surface area (Å²) in [6.45, 7) is 8.22. The molecule has 1 amide bonds. The molecule has 2 rings (SSSR count). The fourth-order valence-electron chi connectivity index (χ4n) is 2.43. The van der Waals surface area contributed by atoms with Gasteiger partial charge in [0, 0.05) is 32.1 Å². The molecule has 1 aromatic heterocycles. The third-order valence-electron chi connectivity index (χ3n) is 3.83. The number of primary amides is 1. The van der Waals surface area contributed by atoms with E-state index in [4.69, 9.17) is 5.73 Å². The van der Waals surface area contributed by atoms with Gasteiger partial charge in [-0.3, -0.25) is 4.79 Å². The number of carbonyl (C=O) groups excluding carboxylic acids is 1. The normalized spacial score (nSPS) is 22.1. The first kappa shape index (κ1) is 14.6. The van der Waals surface area contributed by atoms with Gasteiger partial charge in [-0.1, -0.05) is 6.92 Å². The highest BCUT2D eigenvalue weighted by Gasteiger charge is 2.39. The molecular formula is C14H23N5O. The number of rotatable bonds is 5. The van der Waals surface area contributed by atoms with Crippen molar-refractivity contribution in [3.8, 4) is 0 Å². The number of nitrogens with one attached hydrogen (secondary N) is 1. The van der Waals surface area contributed by atoms with Crippen LogP contribution in [-0.2, 0) is 11.2 Å². The predicted molar refractivity (Wildman–Crippen MR) is 79.7 cm³/mol. The van der Waals surface area contributed by atoms with Crippen LogP contribution in [0.3, 0.4) is 0 Å². The summed E-state index contributed by atoms with van der Waals surface area (Å²) in [5, 5.41) is 3.22. The van der Waals surface area contributed by atoms with Gasteiger partial charge in [-0.15, -0.1) is 0 Å². The number of nitrogens with two attached hydrogens (primary N) is 1. The number of anilines is 2. The van der Waals surface area contributed by atoms with E-state index in [1.54, 1.807) is 0 Å². The van der Waals surface area contributed by atoms with Gasteiger partial charge in [0.25, 0.3) is 0 Å². The smallest absolute Gasteiger partial charge is 0.225 e. The first-order valence-corrected chi connectivity index (χ1v) is 7.15. The van der Waals surface area contributed by atoms with Crippen LogP contribution in [0.2, 0.25) is 0 Å². The van der Waals surface area contributed by atoms with Crippen LogP contribution in [0.4, 0.5) is 11.6 Å². The molecule has 1 aliphatic heterocycles. The molecule has 1 fully saturated rings. The van der Waals surface area contributed by atoms with E-state index in [0.717, 1.165) is 43.4 Å². The summed E-state index contributed by atoms with van der Waals surface area (Å²) in [5.74, 6) is 2.28. The van der Waals surface area contributed by atoms with Gasteiger partial charge in [0.05, 0.1) is 5.41 Å². The van der Waals surface area contributed by atoms with Gasteiger partial charge in [0.2, 0.25) is 5.91 Å². The first-order valence-electron chi connectivity index (χ1n) is 7.15. The lowest BCUT2D eigenvalue weighted by molar-refractivity contribution is -0.125. The maximum atomic E-state index is 11.5. The number of amides is 1. The van der Waals surface area contributed by atoms with Crippen LogP contribution in [0, 0.1) is 5.41 Å². The van der Waals surface area contributed by atoms with Crippen molar-refractivity contribution in [1.82, 2.24) is 9.97 Å². The van der Waals surface area contributed by atoms with Crippen molar-refractivity contribution >= 4 is 17.5 Å². The van der Waals surface area contributed by atoms with Gasteiger partial charge in [0.15, 0.2) is 0 Å². The van der Waals surface area contributed by atoms with E-state index >= 15 is 0 Å². The molecule has 0 saturated carbocycles. The molecule has 0 radical (unpaired) electrons. The average molecular weight is 277 g/mol. The lowest BCUT2D eigenvalue weighted by atomic mass is 9.89. The molecular weight excluding hydrogens is 254 g/mol. The van der Waals surface area contributed by atoms with Crippen LogP contribution in [0.25, 0.3) is 0 Å². The van der Waals surface area contributed by atoms with Crippen molar-refractivity contribution in [3.05, 3.63) is 11.9 Å². The summed E-state index contributed by atoms with van der Waals surface area (Å²) in [4.78, 5) is 22.7. The third kappa shape index (κ3) is 2.84. The molecule has 1 aromatic rings. The quantitative estimate of drug-likeness (QED) is 0.844. The molecule has 110 valence electrons. The Kier molecular flexibility index (Phi) is 4.11. The van der Waals surface area contributed by atoms with Crippen molar-refractivity contribution < 1.29 is 4.79 Å². The summed E-state index contributed by atoms with van der Waals surface area (Å²) in [6, 6.07) is 1.94. The van der Waals surface area contributed by atoms with E-state index in [-0.39, 0.29) is 5.91 Å². The zero-order chi connectivity index (χ0) is 14.8. The van der Waals surface area contributed by atoms with E-state index in [1.807, 2.05) is 26.8 Å².